The standard InChI is InChI=1S/C28H27N3O5S2/c1-3-31(20-22-7-5-4-6-8-22)24-13-11-23(12-14-24)29-30-27-19-26(38(34,35)36)17-18-28(27)37(32,33)25-15-9-21(2)10-16-25/h4-19H,3,20H2,1-2H3,(H,34,35,36). The molecule has 0 aromatic heterocycles. The van der Waals surface area contributed by atoms with Crippen molar-refractivity contribution in [2.24, 2.45) is 10.2 Å². The molecule has 4 aromatic rings. The lowest BCUT2D eigenvalue weighted by atomic mass is 10.2. The molecular weight excluding hydrogens is 522 g/mol. The van der Waals surface area contributed by atoms with Crippen molar-refractivity contribution in [3.63, 3.8) is 0 Å². The lowest BCUT2D eigenvalue weighted by Gasteiger charge is -2.23. The van der Waals surface area contributed by atoms with E-state index in [1.54, 1.807) is 24.3 Å². The number of aryl methyl sites for hydroxylation is 1. The van der Waals surface area contributed by atoms with Gasteiger partial charge in [-0.1, -0.05) is 48.0 Å². The Hall–Kier alpha value is -3.86. The third-order valence-electron chi connectivity index (χ3n) is 5.94. The van der Waals surface area contributed by atoms with Gasteiger partial charge in [0, 0.05) is 18.8 Å². The minimum absolute atomic E-state index is 0.0292. The van der Waals surface area contributed by atoms with Crippen molar-refractivity contribution < 1.29 is 21.4 Å². The molecule has 0 heterocycles. The topological polar surface area (TPSA) is 116 Å². The third-order valence-corrected chi connectivity index (χ3v) is 8.60. The summed E-state index contributed by atoms with van der Waals surface area (Å²) in [5, 5.41) is 8.24. The van der Waals surface area contributed by atoms with Gasteiger partial charge in [0.15, 0.2) is 0 Å². The van der Waals surface area contributed by atoms with Gasteiger partial charge in [0.1, 0.15) is 5.69 Å². The highest BCUT2D eigenvalue weighted by molar-refractivity contribution is 7.91. The van der Waals surface area contributed by atoms with E-state index in [-0.39, 0.29) is 15.5 Å². The summed E-state index contributed by atoms with van der Waals surface area (Å²) in [6.45, 7) is 5.43. The molecule has 0 radical (unpaired) electrons. The molecule has 0 aliphatic rings. The predicted octanol–water partition coefficient (Wildman–Crippen LogP) is 6.52. The Morgan fingerprint density at radius 2 is 1.39 bits per heavy atom. The van der Waals surface area contributed by atoms with Crippen LogP contribution in [-0.2, 0) is 26.5 Å². The summed E-state index contributed by atoms with van der Waals surface area (Å²) in [5.41, 5.74) is 3.29. The maximum atomic E-state index is 13.3. The van der Waals surface area contributed by atoms with Gasteiger partial charge in [-0.2, -0.15) is 13.5 Å². The van der Waals surface area contributed by atoms with Gasteiger partial charge in [-0.15, -0.1) is 5.11 Å². The molecule has 0 amide bonds. The van der Waals surface area contributed by atoms with E-state index in [2.05, 4.69) is 34.2 Å². The number of rotatable bonds is 9. The van der Waals surface area contributed by atoms with Gasteiger partial charge in [0.2, 0.25) is 9.84 Å². The molecule has 4 rings (SSSR count). The summed E-state index contributed by atoms with van der Waals surface area (Å²) in [6.07, 6.45) is 0. The van der Waals surface area contributed by atoms with E-state index < -0.39 is 24.9 Å². The summed E-state index contributed by atoms with van der Waals surface area (Å²) in [4.78, 5) is 1.51. The fraction of sp³-hybridized carbons (Fsp3) is 0.143. The average molecular weight is 550 g/mol. The van der Waals surface area contributed by atoms with Gasteiger partial charge in [0.25, 0.3) is 10.1 Å². The molecule has 0 atom stereocenters. The number of nitrogens with zero attached hydrogens (tertiary/aromatic N) is 3. The van der Waals surface area contributed by atoms with Crippen molar-refractivity contribution in [2.45, 2.75) is 35.1 Å². The molecule has 0 unspecified atom stereocenters. The van der Waals surface area contributed by atoms with Crippen LogP contribution in [0.25, 0.3) is 0 Å². The number of hydrogen-bond acceptors (Lipinski definition) is 7. The Labute approximate surface area is 223 Å². The molecule has 0 spiro atoms. The highest BCUT2D eigenvalue weighted by Gasteiger charge is 2.24. The van der Waals surface area contributed by atoms with Gasteiger partial charge in [0.05, 0.1) is 20.4 Å². The first-order chi connectivity index (χ1) is 18.1. The van der Waals surface area contributed by atoms with E-state index in [1.165, 1.54) is 17.7 Å². The monoisotopic (exact) mass is 549 g/mol. The van der Waals surface area contributed by atoms with Gasteiger partial charge in [-0.25, -0.2) is 8.42 Å². The number of benzene rings is 4. The van der Waals surface area contributed by atoms with Crippen LogP contribution in [-0.4, -0.2) is 27.9 Å². The van der Waals surface area contributed by atoms with E-state index in [0.29, 0.717) is 5.69 Å². The summed E-state index contributed by atoms with van der Waals surface area (Å²) in [5.74, 6) is 0. The Balaban J connectivity index is 1.66. The summed E-state index contributed by atoms with van der Waals surface area (Å²) in [7, 11) is -8.63. The molecule has 196 valence electrons. The first-order valence-electron chi connectivity index (χ1n) is 11.8. The molecule has 0 bridgehead atoms. The van der Waals surface area contributed by atoms with Crippen molar-refractivity contribution in [1.29, 1.82) is 0 Å². The molecule has 0 saturated carbocycles. The molecule has 0 saturated heterocycles. The largest absolute Gasteiger partial charge is 0.367 e. The predicted molar refractivity (Wildman–Crippen MR) is 147 cm³/mol. The van der Waals surface area contributed by atoms with Crippen LogP contribution in [0.15, 0.2) is 122 Å². The average Bonchev–Trinajstić information content (AvgIpc) is 2.91. The first kappa shape index (κ1) is 27.2. The maximum Gasteiger partial charge on any atom is 0.294 e. The molecule has 1 N–H and O–H groups in total. The number of azo groups is 1. The Kier molecular flexibility index (Phi) is 8.05. The van der Waals surface area contributed by atoms with Crippen LogP contribution in [0.3, 0.4) is 0 Å². The quantitative estimate of drug-likeness (QED) is 0.188. The molecule has 38 heavy (non-hydrogen) atoms. The van der Waals surface area contributed by atoms with Crippen LogP contribution in [0.5, 0.6) is 0 Å². The molecular formula is C28H27N3O5S2. The lowest BCUT2D eigenvalue weighted by Crippen LogP contribution is -2.21. The van der Waals surface area contributed by atoms with E-state index in [4.69, 9.17) is 0 Å². The number of anilines is 1. The van der Waals surface area contributed by atoms with Crippen LogP contribution in [0, 0.1) is 6.92 Å². The number of hydrogen-bond donors (Lipinski definition) is 1. The van der Waals surface area contributed by atoms with Crippen molar-refractivity contribution in [2.75, 3.05) is 11.4 Å². The second-order valence-electron chi connectivity index (χ2n) is 8.64. The SMILES string of the molecule is CCN(Cc1ccccc1)c1ccc(N=Nc2cc(S(=O)(=O)O)ccc2S(=O)(=O)c2ccc(C)cc2)cc1. The highest BCUT2D eigenvalue weighted by Crippen LogP contribution is 2.33. The molecule has 4 aromatic carbocycles. The lowest BCUT2D eigenvalue weighted by molar-refractivity contribution is 0.483. The smallest absolute Gasteiger partial charge is 0.294 e. The van der Waals surface area contributed by atoms with Gasteiger partial charge in [-0.05, 0) is 74.0 Å². The van der Waals surface area contributed by atoms with Gasteiger partial charge in [-0.3, -0.25) is 4.55 Å². The second-order valence-corrected chi connectivity index (χ2v) is 12.0. The molecule has 10 heteroatoms. The third kappa shape index (κ3) is 6.34. The molecule has 0 aliphatic heterocycles. The second kappa shape index (κ2) is 11.3. The van der Waals surface area contributed by atoms with Crippen LogP contribution in [0.1, 0.15) is 18.1 Å². The molecule has 8 nitrogen and oxygen atoms in total. The fourth-order valence-electron chi connectivity index (χ4n) is 3.84. The van der Waals surface area contributed by atoms with E-state index in [1.807, 2.05) is 37.3 Å². The number of sulfone groups is 1. The zero-order chi connectivity index (χ0) is 27.3. The minimum atomic E-state index is -4.59. The summed E-state index contributed by atoms with van der Waals surface area (Å²) in [6, 6.07) is 26.8. The van der Waals surface area contributed by atoms with Crippen molar-refractivity contribution in [3.05, 3.63) is 108 Å². The summed E-state index contributed by atoms with van der Waals surface area (Å²) >= 11 is 0. The molecule has 0 fully saturated rings. The van der Waals surface area contributed by atoms with Gasteiger partial charge < -0.3 is 4.90 Å². The van der Waals surface area contributed by atoms with Crippen LogP contribution < -0.4 is 4.90 Å². The van der Waals surface area contributed by atoms with E-state index in [0.717, 1.165) is 42.5 Å². The van der Waals surface area contributed by atoms with Crippen LogP contribution in [0.2, 0.25) is 0 Å². The first-order valence-corrected chi connectivity index (χ1v) is 14.7. The van der Waals surface area contributed by atoms with E-state index >= 15 is 0 Å². The zero-order valence-electron chi connectivity index (χ0n) is 20.9. The Morgan fingerprint density at radius 1 is 0.763 bits per heavy atom. The Morgan fingerprint density at radius 3 is 2.00 bits per heavy atom. The van der Waals surface area contributed by atoms with Crippen molar-refractivity contribution in [3.8, 4) is 0 Å². The van der Waals surface area contributed by atoms with Gasteiger partial charge >= 0.3 is 0 Å². The maximum absolute atomic E-state index is 13.3. The minimum Gasteiger partial charge on any atom is -0.367 e. The Bertz CT molecular complexity index is 1650. The normalized spacial score (nSPS) is 12.1. The van der Waals surface area contributed by atoms with Crippen LogP contribution >= 0.6 is 0 Å². The fourth-order valence-corrected chi connectivity index (χ4v) is 5.71. The van der Waals surface area contributed by atoms with Crippen molar-refractivity contribution >= 4 is 37.0 Å². The van der Waals surface area contributed by atoms with Crippen molar-refractivity contribution in [1.82, 2.24) is 0 Å². The highest BCUT2D eigenvalue weighted by atomic mass is 32.2. The molecule has 0 aliphatic carbocycles. The van der Waals surface area contributed by atoms with Crippen LogP contribution in [0.4, 0.5) is 17.1 Å². The van der Waals surface area contributed by atoms with E-state index in [9.17, 15) is 21.4 Å². The zero-order valence-corrected chi connectivity index (χ0v) is 22.5. The summed E-state index contributed by atoms with van der Waals surface area (Å²) < 4.78 is 59.6.